The first-order valence-electron chi connectivity index (χ1n) is 12.2. The van der Waals surface area contributed by atoms with Gasteiger partial charge in [0.05, 0.1) is 23.6 Å². The van der Waals surface area contributed by atoms with Crippen LogP contribution in [0.2, 0.25) is 0 Å². The lowest BCUT2D eigenvalue weighted by atomic mass is 9.92. The van der Waals surface area contributed by atoms with E-state index >= 15 is 0 Å². The molecule has 4 N–H and O–H groups in total. The van der Waals surface area contributed by atoms with Crippen molar-refractivity contribution in [1.29, 1.82) is 0 Å². The first-order chi connectivity index (χ1) is 17.5. The highest BCUT2D eigenvalue weighted by Crippen LogP contribution is 2.25. The molecule has 1 aliphatic carbocycles. The van der Waals surface area contributed by atoms with E-state index in [1.807, 2.05) is 25.1 Å². The number of hydrogen-bond acceptors (Lipinski definition) is 8. The molecule has 0 bridgehead atoms. The number of carbonyl (C=O) groups excluding carboxylic acids is 1. The fourth-order valence-corrected chi connectivity index (χ4v) is 4.38. The van der Waals surface area contributed by atoms with Crippen molar-refractivity contribution >= 4 is 11.7 Å². The van der Waals surface area contributed by atoms with Crippen LogP contribution in [0.4, 0.5) is 10.2 Å². The molecule has 36 heavy (non-hydrogen) atoms. The lowest BCUT2D eigenvalue weighted by Crippen LogP contribution is -2.49. The van der Waals surface area contributed by atoms with Crippen molar-refractivity contribution in [2.24, 2.45) is 0 Å². The zero-order valence-corrected chi connectivity index (χ0v) is 20.1. The molecule has 2 aliphatic rings. The number of nitrogens with one attached hydrogen (secondary N) is 3. The monoisotopic (exact) mass is 495 g/mol. The van der Waals surface area contributed by atoms with Crippen LogP contribution < -0.4 is 20.7 Å². The van der Waals surface area contributed by atoms with E-state index in [9.17, 15) is 14.3 Å². The number of aromatic nitrogens is 2. The van der Waals surface area contributed by atoms with Gasteiger partial charge in [-0.1, -0.05) is 6.07 Å². The largest absolute Gasteiger partial charge is 0.486 e. The van der Waals surface area contributed by atoms with Crippen LogP contribution in [0, 0.1) is 12.7 Å². The van der Waals surface area contributed by atoms with Gasteiger partial charge in [0.1, 0.15) is 18.2 Å². The van der Waals surface area contributed by atoms with Crippen LogP contribution in [0.5, 0.6) is 5.75 Å². The molecule has 9 nitrogen and oxygen atoms in total. The van der Waals surface area contributed by atoms with Gasteiger partial charge in [0.15, 0.2) is 18.0 Å². The van der Waals surface area contributed by atoms with Gasteiger partial charge >= 0.3 is 0 Å². The van der Waals surface area contributed by atoms with Crippen LogP contribution in [0.3, 0.4) is 0 Å². The zero-order valence-electron chi connectivity index (χ0n) is 20.1. The van der Waals surface area contributed by atoms with Crippen LogP contribution in [0.15, 0.2) is 41.3 Å². The van der Waals surface area contributed by atoms with E-state index in [4.69, 9.17) is 9.15 Å². The fraction of sp³-hybridized carbons (Fsp3) is 0.423. The molecule has 1 aromatic carbocycles. The number of aliphatic hydroxyl groups excluding tert-OH is 1. The second kappa shape index (κ2) is 10.6. The highest BCUT2D eigenvalue weighted by atomic mass is 19.1. The Bertz CT molecular complexity index is 1230. The minimum atomic E-state index is -0.843. The van der Waals surface area contributed by atoms with E-state index in [1.165, 1.54) is 12.5 Å². The quantitative estimate of drug-likeness (QED) is 0.358. The molecule has 3 heterocycles. The molecule has 0 unspecified atom stereocenters. The predicted molar refractivity (Wildman–Crippen MR) is 130 cm³/mol. The van der Waals surface area contributed by atoms with Crippen molar-refractivity contribution in [3.05, 3.63) is 70.8 Å². The van der Waals surface area contributed by atoms with Gasteiger partial charge < -0.3 is 30.2 Å². The van der Waals surface area contributed by atoms with E-state index in [0.717, 1.165) is 48.0 Å². The molecule has 10 heteroatoms. The number of benzene rings is 1. The molecular weight excluding hydrogens is 465 g/mol. The summed E-state index contributed by atoms with van der Waals surface area (Å²) in [6.45, 7) is 2.72. The maximum Gasteiger partial charge on any atom is 0.254 e. The van der Waals surface area contributed by atoms with Crippen molar-refractivity contribution in [3.8, 4) is 5.75 Å². The molecule has 2 aromatic heterocycles. The lowest BCUT2D eigenvalue weighted by molar-refractivity contribution is 0.0866. The third-order valence-corrected chi connectivity index (χ3v) is 6.88. The number of carbonyl (C=O) groups is 1. The fourth-order valence-electron chi connectivity index (χ4n) is 4.38. The summed E-state index contributed by atoms with van der Waals surface area (Å²) in [7, 11) is 0. The van der Waals surface area contributed by atoms with Gasteiger partial charge in [-0.2, -0.15) is 0 Å². The number of rotatable bonds is 9. The topological polar surface area (TPSA) is 122 Å². The first-order valence-corrected chi connectivity index (χ1v) is 12.2. The lowest BCUT2D eigenvalue weighted by Gasteiger charge is -2.30. The van der Waals surface area contributed by atoms with Crippen LogP contribution in [-0.2, 0) is 19.6 Å². The number of fused-ring (bicyclic) bond motifs is 1. The summed E-state index contributed by atoms with van der Waals surface area (Å²) in [5, 5.41) is 19.9. The molecule has 1 aliphatic heterocycles. The van der Waals surface area contributed by atoms with Crippen LogP contribution >= 0.6 is 0 Å². The number of oxazole rings is 1. The number of nitrogens with zero attached hydrogens (tertiary/aromatic N) is 2. The number of pyridine rings is 1. The SMILES string of the molecule is Cc1ncoc1COc1ccc2c(c1)CN[C@H]([C@H](O)CNC(=O)c1cc(NC3CCC3)ncc1F)C2. The van der Waals surface area contributed by atoms with Crippen molar-refractivity contribution in [1.82, 2.24) is 20.6 Å². The highest BCUT2D eigenvalue weighted by Gasteiger charge is 2.26. The summed E-state index contributed by atoms with van der Waals surface area (Å²) >= 11 is 0. The average molecular weight is 496 g/mol. The maximum atomic E-state index is 14.2. The molecule has 190 valence electrons. The molecule has 5 rings (SSSR count). The number of aryl methyl sites for hydroxylation is 1. The van der Waals surface area contributed by atoms with E-state index < -0.39 is 17.8 Å². The molecule has 0 radical (unpaired) electrons. The Morgan fingerprint density at radius 3 is 2.92 bits per heavy atom. The Hall–Kier alpha value is -3.50. The van der Waals surface area contributed by atoms with Crippen LogP contribution in [-0.4, -0.2) is 45.7 Å². The van der Waals surface area contributed by atoms with Gasteiger partial charge in [0.2, 0.25) is 0 Å². The predicted octanol–water partition coefficient (Wildman–Crippen LogP) is 2.87. The minimum Gasteiger partial charge on any atom is -0.486 e. The van der Waals surface area contributed by atoms with Gasteiger partial charge in [-0.25, -0.2) is 14.4 Å². The Balaban J connectivity index is 1.14. The number of halogens is 1. The molecular formula is C26H30FN5O4. The first kappa shape index (κ1) is 24.2. The van der Waals surface area contributed by atoms with Crippen molar-refractivity contribution in [2.75, 3.05) is 11.9 Å². The van der Waals surface area contributed by atoms with Crippen molar-refractivity contribution < 1.29 is 23.4 Å². The molecule has 1 amide bonds. The molecule has 1 fully saturated rings. The minimum absolute atomic E-state index is 0.00326. The van der Waals surface area contributed by atoms with Gasteiger partial charge in [-0.15, -0.1) is 0 Å². The maximum absolute atomic E-state index is 14.2. The van der Waals surface area contributed by atoms with Gasteiger partial charge in [0.25, 0.3) is 5.91 Å². The number of aliphatic hydroxyl groups is 1. The number of hydrogen-bond donors (Lipinski definition) is 4. The highest BCUT2D eigenvalue weighted by molar-refractivity contribution is 5.95. The Morgan fingerprint density at radius 1 is 1.31 bits per heavy atom. The molecule has 0 saturated heterocycles. The summed E-state index contributed by atoms with van der Waals surface area (Å²) in [6, 6.07) is 7.34. The van der Waals surface area contributed by atoms with E-state index in [0.29, 0.717) is 37.2 Å². The van der Waals surface area contributed by atoms with E-state index in [-0.39, 0.29) is 18.2 Å². The second-order valence-electron chi connectivity index (χ2n) is 9.37. The van der Waals surface area contributed by atoms with Crippen LogP contribution in [0.25, 0.3) is 0 Å². The van der Waals surface area contributed by atoms with Crippen molar-refractivity contribution in [2.45, 2.75) is 63.9 Å². The average Bonchev–Trinajstić information content (AvgIpc) is 3.28. The normalized spacial score (nSPS) is 18.1. The summed E-state index contributed by atoms with van der Waals surface area (Å²) in [6.07, 6.45) is 5.44. The second-order valence-corrected chi connectivity index (χ2v) is 9.37. The van der Waals surface area contributed by atoms with E-state index in [2.05, 4.69) is 25.9 Å². The molecule has 2 atom stereocenters. The Morgan fingerprint density at radius 2 is 2.17 bits per heavy atom. The summed E-state index contributed by atoms with van der Waals surface area (Å²) in [5.74, 6) is 0.626. The van der Waals surface area contributed by atoms with E-state index in [1.54, 1.807) is 0 Å². The summed E-state index contributed by atoms with van der Waals surface area (Å²) in [4.78, 5) is 20.7. The standard InChI is InChI=1S/C26H30FN5O4/c1-15-24(36-14-31-15)13-35-19-6-5-16-8-22(28-10-17(16)7-19)23(33)12-30-26(34)20-9-25(29-11-21(20)27)32-18-3-2-4-18/h5-7,9,11,14,18,22-23,28,33H,2-4,8,10,12-13H2,1H3,(H,29,32)(H,30,34)/t22-,23+/m0/s1. The van der Waals surface area contributed by atoms with Crippen molar-refractivity contribution in [3.63, 3.8) is 0 Å². The summed E-state index contributed by atoms with van der Waals surface area (Å²) in [5.41, 5.74) is 2.89. The zero-order chi connectivity index (χ0) is 25.1. The van der Waals surface area contributed by atoms with Gasteiger partial charge in [0, 0.05) is 25.2 Å². The Kier molecular flexibility index (Phi) is 7.15. The third-order valence-electron chi connectivity index (χ3n) is 6.88. The third kappa shape index (κ3) is 5.50. The molecule has 1 saturated carbocycles. The van der Waals surface area contributed by atoms with Crippen LogP contribution in [0.1, 0.15) is 52.2 Å². The Labute approximate surface area is 208 Å². The smallest absolute Gasteiger partial charge is 0.254 e. The number of anilines is 1. The molecule has 3 aromatic rings. The number of ether oxygens (including phenoxy) is 1. The molecule has 0 spiro atoms. The van der Waals surface area contributed by atoms with Gasteiger partial charge in [-0.05, 0) is 61.9 Å². The number of amides is 1. The van der Waals surface area contributed by atoms with Gasteiger partial charge in [-0.3, -0.25) is 4.79 Å². The summed E-state index contributed by atoms with van der Waals surface area (Å²) < 4.78 is 25.4.